The molecule has 3 heterocycles. The number of piperidine rings is 1. The minimum Gasteiger partial charge on any atom is -0.480 e. The van der Waals surface area contributed by atoms with Gasteiger partial charge in [-0.05, 0) is 73.9 Å². The molecular formula is C29H38N4O3. The summed E-state index contributed by atoms with van der Waals surface area (Å²) in [5, 5.41) is 13.4. The Morgan fingerprint density at radius 2 is 1.86 bits per heavy atom. The van der Waals surface area contributed by atoms with Crippen LogP contribution >= 0.6 is 0 Å². The molecule has 192 valence electrons. The molecule has 1 spiro atoms. The van der Waals surface area contributed by atoms with Gasteiger partial charge in [0.05, 0.1) is 5.41 Å². The Morgan fingerprint density at radius 3 is 2.50 bits per heavy atom. The van der Waals surface area contributed by atoms with E-state index in [-0.39, 0.29) is 11.3 Å². The fourth-order valence-corrected chi connectivity index (χ4v) is 6.21. The van der Waals surface area contributed by atoms with Crippen molar-refractivity contribution in [2.75, 3.05) is 36.4 Å². The molecule has 1 unspecified atom stereocenters. The quantitative estimate of drug-likeness (QED) is 0.530. The van der Waals surface area contributed by atoms with Crippen LogP contribution in [0.3, 0.4) is 0 Å². The maximum atomic E-state index is 13.0. The Hall–Kier alpha value is -3.09. The summed E-state index contributed by atoms with van der Waals surface area (Å²) in [4.78, 5) is 33.4. The van der Waals surface area contributed by atoms with E-state index in [1.54, 1.807) is 4.90 Å². The van der Waals surface area contributed by atoms with Gasteiger partial charge in [0.25, 0.3) is 0 Å². The molecule has 2 aromatic rings. The summed E-state index contributed by atoms with van der Waals surface area (Å²) in [5.41, 5.74) is 3.09. The van der Waals surface area contributed by atoms with Crippen LogP contribution in [0.4, 0.5) is 11.5 Å². The van der Waals surface area contributed by atoms with E-state index in [4.69, 9.17) is 0 Å². The SMILES string of the molecule is Cc1ccnc(NCC2CCN(c3ccc(CC(C(=O)O)N4CC5(CCCCC5)C4=O)cc3)CC2)c1. The number of aryl methyl sites for hydroxylation is 1. The summed E-state index contributed by atoms with van der Waals surface area (Å²) in [6, 6.07) is 11.6. The van der Waals surface area contributed by atoms with Gasteiger partial charge in [-0.2, -0.15) is 0 Å². The predicted octanol–water partition coefficient (Wildman–Crippen LogP) is 4.51. The fraction of sp³-hybridized carbons (Fsp3) is 0.552. The van der Waals surface area contributed by atoms with Crippen LogP contribution in [0, 0.1) is 18.3 Å². The fourth-order valence-electron chi connectivity index (χ4n) is 6.21. The number of nitrogens with zero attached hydrogens (tertiary/aromatic N) is 3. The minimum absolute atomic E-state index is 0.0572. The number of benzene rings is 1. The molecule has 1 aromatic heterocycles. The number of carbonyl (C=O) groups is 2. The number of amides is 1. The van der Waals surface area contributed by atoms with Crippen LogP contribution in [0.15, 0.2) is 42.6 Å². The summed E-state index contributed by atoms with van der Waals surface area (Å²) in [6.07, 6.45) is 9.63. The van der Waals surface area contributed by atoms with Gasteiger partial charge in [-0.3, -0.25) is 4.79 Å². The van der Waals surface area contributed by atoms with E-state index in [2.05, 4.69) is 40.3 Å². The number of carboxylic acids is 1. The minimum atomic E-state index is -0.908. The Bertz CT molecular complexity index is 1070. The lowest BCUT2D eigenvalue weighted by atomic mass is 9.67. The van der Waals surface area contributed by atoms with Gasteiger partial charge in [-0.25, -0.2) is 9.78 Å². The third-order valence-electron chi connectivity index (χ3n) is 8.49. The number of likely N-dealkylation sites (tertiary alicyclic amines) is 1. The third-order valence-corrected chi connectivity index (χ3v) is 8.49. The van der Waals surface area contributed by atoms with Gasteiger partial charge in [-0.15, -0.1) is 0 Å². The van der Waals surface area contributed by atoms with Crippen molar-refractivity contribution in [1.29, 1.82) is 0 Å². The highest BCUT2D eigenvalue weighted by molar-refractivity contribution is 5.93. The van der Waals surface area contributed by atoms with Crippen molar-refractivity contribution >= 4 is 23.4 Å². The molecular weight excluding hydrogens is 452 g/mol. The van der Waals surface area contributed by atoms with E-state index in [9.17, 15) is 14.7 Å². The van der Waals surface area contributed by atoms with Crippen molar-refractivity contribution in [3.63, 3.8) is 0 Å². The average molecular weight is 491 g/mol. The van der Waals surface area contributed by atoms with Crippen LogP contribution in [0.25, 0.3) is 0 Å². The topological polar surface area (TPSA) is 85.8 Å². The van der Waals surface area contributed by atoms with Gasteiger partial charge in [0.1, 0.15) is 11.9 Å². The number of hydrogen-bond donors (Lipinski definition) is 2. The maximum Gasteiger partial charge on any atom is 0.326 e. The highest BCUT2D eigenvalue weighted by Gasteiger charge is 2.55. The molecule has 1 atom stereocenters. The van der Waals surface area contributed by atoms with E-state index in [1.807, 2.05) is 24.4 Å². The molecule has 1 aliphatic carbocycles. The van der Waals surface area contributed by atoms with E-state index < -0.39 is 12.0 Å². The summed E-state index contributed by atoms with van der Waals surface area (Å²) in [6.45, 7) is 5.64. The van der Waals surface area contributed by atoms with Crippen LogP contribution < -0.4 is 10.2 Å². The molecule has 5 rings (SSSR count). The molecule has 7 nitrogen and oxygen atoms in total. The normalized spacial score (nSPS) is 20.8. The molecule has 3 fully saturated rings. The Balaban J connectivity index is 1.12. The monoisotopic (exact) mass is 490 g/mol. The lowest BCUT2D eigenvalue weighted by Gasteiger charge is -2.52. The first-order chi connectivity index (χ1) is 17.4. The van der Waals surface area contributed by atoms with Gasteiger partial charge in [0.15, 0.2) is 0 Å². The van der Waals surface area contributed by atoms with Crippen molar-refractivity contribution in [2.24, 2.45) is 11.3 Å². The first-order valence-corrected chi connectivity index (χ1v) is 13.5. The smallest absolute Gasteiger partial charge is 0.326 e. The molecule has 2 saturated heterocycles. The predicted molar refractivity (Wildman–Crippen MR) is 141 cm³/mol. The van der Waals surface area contributed by atoms with Gasteiger partial charge in [-0.1, -0.05) is 31.4 Å². The number of carbonyl (C=O) groups excluding carboxylic acids is 1. The summed E-state index contributed by atoms with van der Waals surface area (Å²) < 4.78 is 0. The number of carboxylic acid groups (broad SMARTS) is 1. The van der Waals surface area contributed by atoms with E-state index in [0.717, 1.165) is 69.5 Å². The second kappa shape index (κ2) is 10.5. The van der Waals surface area contributed by atoms with Gasteiger partial charge in [0.2, 0.25) is 5.91 Å². The zero-order valence-electron chi connectivity index (χ0n) is 21.3. The summed E-state index contributed by atoms with van der Waals surface area (Å²) in [5.74, 6) is 0.721. The van der Waals surface area contributed by atoms with Gasteiger partial charge in [0, 0.05) is 44.5 Å². The first kappa shape index (κ1) is 24.6. The molecule has 1 amide bonds. The van der Waals surface area contributed by atoms with Crippen molar-refractivity contribution in [3.05, 3.63) is 53.7 Å². The molecule has 1 aromatic carbocycles. The van der Waals surface area contributed by atoms with Crippen LogP contribution in [0.1, 0.15) is 56.1 Å². The number of β-lactam (4-membered cyclic amide) rings is 1. The molecule has 1 saturated carbocycles. The number of hydrogen-bond acceptors (Lipinski definition) is 5. The molecule has 36 heavy (non-hydrogen) atoms. The molecule has 2 N–H and O–H groups in total. The van der Waals surface area contributed by atoms with E-state index in [1.165, 1.54) is 17.7 Å². The highest BCUT2D eigenvalue weighted by atomic mass is 16.4. The number of rotatable bonds is 8. The second-order valence-electron chi connectivity index (χ2n) is 11.0. The lowest BCUT2D eigenvalue weighted by molar-refractivity contribution is -0.175. The van der Waals surface area contributed by atoms with Gasteiger partial charge >= 0.3 is 5.97 Å². The standard InChI is InChI=1S/C29H38N4O3/c1-21-9-14-30-26(17-21)31-19-23-10-15-32(16-11-23)24-7-5-22(6-8-24)18-25(27(34)35)33-20-29(28(33)36)12-3-2-4-13-29/h5-9,14,17,23,25H,2-4,10-13,15-16,18-20H2,1H3,(H,30,31)(H,34,35). The van der Waals surface area contributed by atoms with Crippen molar-refractivity contribution in [1.82, 2.24) is 9.88 Å². The molecule has 7 heteroatoms. The summed E-state index contributed by atoms with van der Waals surface area (Å²) >= 11 is 0. The van der Waals surface area contributed by atoms with Crippen molar-refractivity contribution in [3.8, 4) is 0 Å². The molecule has 0 radical (unpaired) electrons. The molecule has 0 bridgehead atoms. The Kier molecular flexibility index (Phi) is 7.17. The highest BCUT2D eigenvalue weighted by Crippen LogP contribution is 2.46. The van der Waals surface area contributed by atoms with Crippen LogP contribution in [-0.2, 0) is 16.0 Å². The maximum absolute atomic E-state index is 13.0. The van der Waals surface area contributed by atoms with Crippen LogP contribution in [0.2, 0.25) is 0 Å². The first-order valence-electron chi connectivity index (χ1n) is 13.5. The van der Waals surface area contributed by atoms with Crippen molar-refractivity contribution < 1.29 is 14.7 Å². The molecule has 2 aliphatic heterocycles. The third kappa shape index (κ3) is 5.20. The number of aliphatic carboxylic acids is 1. The average Bonchev–Trinajstić information content (AvgIpc) is 2.90. The number of nitrogens with one attached hydrogen (secondary N) is 1. The Labute approximate surface area is 213 Å². The lowest BCUT2D eigenvalue weighted by Crippen LogP contribution is -2.66. The zero-order chi connectivity index (χ0) is 25.1. The summed E-state index contributed by atoms with van der Waals surface area (Å²) in [7, 11) is 0. The number of aromatic nitrogens is 1. The number of pyridine rings is 1. The number of anilines is 2. The van der Waals surface area contributed by atoms with E-state index in [0.29, 0.717) is 18.9 Å². The van der Waals surface area contributed by atoms with Crippen LogP contribution in [-0.4, -0.2) is 59.1 Å². The van der Waals surface area contributed by atoms with Crippen LogP contribution in [0.5, 0.6) is 0 Å². The van der Waals surface area contributed by atoms with E-state index >= 15 is 0 Å². The zero-order valence-corrected chi connectivity index (χ0v) is 21.3. The largest absolute Gasteiger partial charge is 0.480 e. The second-order valence-corrected chi connectivity index (χ2v) is 11.0. The molecule has 3 aliphatic rings. The van der Waals surface area contributed by atoms with Gasteiger partial charge < -0.3 is 20.2 Å². The van der Waals surface area contributed by atoms with Crippen molar-refractivity contribution in [2.45, 2.75) is 64.3 Å². The Morgan fingerprint density at radius 1 is 1.14 bits per heavy atom.